The molecule has 0 saturated carbocycles. The van der Waals surface area contributed by atoms with E-state index in [1.165, 1.54) is 0 Å². The summed E-state index contributed by atoms with van der Waals surface area (Å²) in [5, 5.41) is 21.1. The van der Waals surface area contributed by atoms with Gasteiger partial charge in [0.05, 0.1) is 48.8 Å². The summed E-state index contributed by atoms with van der Waals surface area (Å²) in [4.78, 5) is 0. The quantitative estimate of drug-likeness (QED) is 0.793. The summed E-state index contributed by atoms with van der Waals surface area (Å²) in [6.07, 6.45) is 5.21. The number of rotatable bonds is 2. The molecule has 0 aromatic heterocycles. The van der Waals surface area contributed by atoms with Crippen LogP contribution in [0, 0.1) is 0 Å². The molecule has 8 unspecified atom stereocenters. The van der Waals surface area contributed by atoms with Crippen LogP contribution in [0.1, 0.15) is 79.1 Å². The van der Waals surface area contributed by atoms with E-state index in [0.717, 1.165) is 25.7 Å². The van der Waals surface area contributed by atoms with Gasteiger partial charge in [0.25, 0.3) is 0 Å². The second-order valence-electron chi connectivity index (χ2n) is 8.06. The van der Waals surface area contributed by atoms with Crippen LogP contribution in [0.25, 0.3) is 0 Å². The van der Waals surface area contributed by atoms with E-state index in [9.17, 15) is 10.2 Å². The molecule has 5 heteroatoms. The molecule has 2 bridgehead atoms. The van der Waals surface area contributed by atoms with Gasteiger partial charge in [0.15, 0.2) is 0 Å². The molecule has 25 heavy (non-hydrogen) atoms. The van der Waals surface area contributed by atoms with Crippen LogP contribution in [-0.2, 0) is 14.2 Å². The Balaban J connectivity index is 2.13. The zero-order valence-corrected chi connectivity index (χ0v) is 16.4. The highest BCUT2D eigenvalue weighted by Gasteiger charge is 2.31. The lowest BCUT2D eigenvalue weighted by Gasteiger charge is -2.37. The first-order valence-electron chi connectivity index (χ1n) is 10.2. The molecule has 2 fully saturated rings. The summed E-state index contributed by atoms with van der Waals surface area (Å²) in [6.45, 7) is 8.30. The van der Waals surface area contributed by atoms with E-state index in [4.69, 9.17) is 14.2 Å². The molecule has 0 radical (unpaired) electrons. The van der Waals surface area contributed by atoms with Gasteiger partial charge < -0.3 is 24.4 Å². The van der Waals surface area contributed by atoms with Crippen molar-refractivity contribution in [3.8, 4) is 0 Å². The first kappa shape index (κ1) is 21.1. The van der Waals surface area contributed by atoms with Crippen LogP contribution in [0.4, 0.5) is 0 Å². The summed E-state index contributed by atoms with van der Waals surface area (Å²) in [6, 6.07) is 0. The Bertz CT molecular complexity index is 377. The van der Waals surface area contributed by atoms with Crippen LogP contribution >= 0.6 is 0 Å². The largest absolute Gasteiger partial charge is 0.393 e. The number of aliphatic hydroxyl groups is 2. The average molecular weight is 359 g/mol. The molecule has 0 aromatic carbocycles. The highest BCUT2D eigenvalue weighted by molar-refractivity contribution is 4.81. The van der Waals surface area contributed by atoms with Gasteiger partial charge in [-0.2, -0.15) is 0 Å². The van der Waals surface area contributed by atoms with Crippen molar-refractivity contribution < 1.29 is 24.4 Å². The third-order valence-corrected chi connectivity index (χ3v) is 5.47. The van der Waals surface area contributed by atoms with Gasteiger partial charge in [-0.25, -0.2) is 0 Å². The van der Waals surface area contributed by atoms with Crippen LogP contribution in [0.3, 0.4) is 0 Å². The Morgan fingerprint density at radius 3 is 1.72 bits per heavy atom. The van der Waals surface area contributed by atoms with Crippen LogP contribution in [0.5, 0.6) is 0 Å². The van der Waals surface area contributed by atoms with E-state index in [-0.39, 0.29) is 36.6 Å². The summed E-state index contributed by atoms with van der Waals surface area (Å²) in [7, 11) is 0. The lowest BCUT2D eigenvalue weighted by molar-refractivity contribution is -0.142. The van der Waals surface area contributed by atoms with E-state index in [1.54, 1.807) is 0 Å². The number of ether oxygens (including phenoxy) is 3. The fraction of sp³-hybridized carbons (Fsp3) is 1.00. The van der Waals surface area contributed by atoms with Crippen LogP contribution < -0.4 is 0 Å². The van der Waals surface area contributed by atoms with Gasteiger partial charge >= 0.3 is 0 Å². The number of fused-ring (bicyclic) bond motifs is 2. The molecule has 0 aliphatic carbocycles. The Hall–Kier alpha value is -0.200. The van der Waals surface area contributed by atoms with Gasteiger partial charge in [0, 0.05) is 0 Å². The fourth-order valence-corrected chi connectivity index (χ4v) is 4.24. The van der Waals surface area contributed by atoms with Crippen molar-refractivity contribution in [1.29, 1.82) is 0 Å². The van der Waals surface area contributed by atoms with Gasteiger partial charge in [0.1, 0.15) is 0 Å². The maximum atomic E-state index is 10.5. The minimum atomic E-state index is -0.433. The van der Waals surface area contributed by atoms with Crippen LogP contribution in [0.2, 0.25) is 0 Å². The van der Waals surface area contributed by atoms with Gasteiger partial charge in [-0.05, 0) is 65.2 Å². The van der Waals surface area contributed by atoms with Crippen molar-refractivity contribution in [1.82, 2.24) is 0 Å². The Kier molecular flexibility index (Phi) is 8.62. The van der Waals surface area contributed by atoms with Gasteiger partial charge in [-0.15, -0.1) is 0 Å². The minimum absolute atomic E-state index is 0.0193. The van der Waals surface area contributed by atoms with Gasteiger partial charge in [-0.3, -0.25) is 0 Å². The third kappa shape index (κ3) is 7.14. The summed E-state index contributed by atoms with van der Waals surface area (Å²) in [5.41, 5.74) is 0. The van der Waals surface area contributed by atoms with Crippen LogP contribution in [-0.4, -0.2) is 59.0 Å². The Morgan fingerprint density at radius 1 is 0.640 bits per heavy atom. The van der Waals surface area contributed by atoms with E-state index < -0.39 is 12.2 Å². The van der Waals surface area contributed by atoms with E-state index >= 15 is 0 Å². The Labute approximate surface area is 153 Å². The smallest absolute Gasteiger partial charge is 0.0628 e. The third-order valence-electron chi connectivity index (χ3n) is 5.47. The number of hydrogen-bond acceptors (Lipinski definition) is 5. The molecule has 0 amide bonds. The predicted octanol–water partition coefficient (Wildman–Crippen LogP) is 3.20. The van der Waals surface area contributed by atoms with Gasteiger partial charge in [-0.1, -0.05) is 13.8 Å². The number of hydrogen-bond donors (Lipinski definition) is 2. The second kappa shape index (κ2) is 10.2. The van der Waals surface area contributed by atoms with Crippen LogP contribution in [0.15, 0.2) is 0 Å². The Morgan fingerprint density at radius 2 is 1.12 bits per heavy atom. The molecular formula is C20H38O5. The molecule has 2 heterocycles. The highest BCUT2D eigenvalue weighted by atomic mass is 16.5. The van der Waals surface area contributed by atoms with Crippen molar-refractivity contribution in [3.05, 3.63) is 0 Å². The molecular weight excluding hydrogens is 320 g/mol. The van der Waals surface area contributed by atoms with Crippen molar-refractivity contribution in [2.45, 2.75) is 128 Å². The fourth-order valence-electron chi connectivity index (χ4n) is 4.24. The monoisotopic (exact) mass is 358 g/mol. The molecule has 2 saturated heterocycles. The molecule has 2 aliphatic rings. The maximum Gasteiger partial charge on any atom is 0.0628 e. The minimum Gasteiger partial charge on any atom is -0.393 e. The molecule has 2 aliphatic heterocycles. The average Bonchev–Trinajstić information content (AvgIpc) is 2.50. The first-order valence-corrected chi connectivity index (χ1v) is 10.2. The first-order chi connectivity index (χ1) is 11.9. The summed E-state index contributed by atoms with van der Waals surface area (Å²) >= 11 is 0. The molecule has 2 N–H and O–H groups in total. The molecule has 8 atom stereocenters. The molecule has 2 rings (SSSR count). The molecule has 148 valence electrons. The summed E-state index contributed by atoms with van der Waals surface area (Å²) < 4.78 is 18.6. The molecule has 5 nitrogen and oxygen atoms in total. The predicted molar refractivity (Wildman–Crippen MR) is 97.6 cm³/mol. The topological polar surface area (TPSA) is 68.2 Å². The van der Waals surface area contributed by atoms with E-state index in [0.29, 0.717) is 25.7 Å². The lowest BCUT2D eigenvalue weighted by atomic mass is 9.95. The van der Waals surface area contributed by atoms with E-state index in [1.807, 2.05) is 6.92 Å². The van der Waals surface area contributed by atoms with Crippen molar-refractivity contribution >= 4 is 0 Å². The second-order valence-corrected chi connectivity index (χ2v) is 8.06. The zero-order chi connectivity index (χ0) is 18.4. The highest BCUT2D eigenvalue weighted by Crippen LogP contribution is 2.28. The van der Waals surface area contributed by atoms with Gasteiger partial charge in [0.2, 0.25) is 0 Å². The maximum absolute atomic E-state index is 10.5. The van der Waals surface area contributed by atoms with Crippen molar-refractivity contribution in [2.75, 3.05) is 0 Å². The zero-order valence-electron chi connectivity index (χ0n) is 16.4. The molecule has 0 spiro atoms. The van der Waals surface area contributed by atoms with Crippen molar-refractivity contribution in [3.63, 3.8) is 0 Å². The SMILES string of the molecule is CCC1CC(O)CC2CC(C)OC(CC)CC(CC(O)CC(C)O1)O2. The number of aliphatic hydroxyl groups excluding tert-OH is 2. The van der Waals surface area contributed by atoms with Crippen molar-refractivity contribution in [2.24, 2.45) is 0 Å². The standard InChI is InChI=1S/C20H38O5/c1-5-17-9-16(22)11-19-8-14(4)24-18(6-2)12-20(25-19)10-15(21)7-13(3)23-17/h13-22H,5-12H2,1-4H3. The molecule has 0 aromatic rings. The summed E-state index contributed by atoms with van der Waals surface area (Å²) in [5.74, 6) is 0. The van der Waals surface area contributed by atoms with E-state index in [2.05, 4.69) is 20.8 Å². The lowest BCUT2D eigenvalue weighted by Crippen LogP contribution is -2.40. The normalized spacial score (nSPS) is 44.9.